The van der Waals surface area contributed by atoms with Crippen molar-refractivity contribution in [1.82, 2.24) is 9.47 Å². The second-order valence-electron chi connectivity index (χ2n) is 8.23. The molecule has 2 heterocycles. The first-order chi connectivity index (χ1) is 16.0. The van der Waals surface area contributed by atoms with Crippen LogP contribution in [0.25, 0.3) is 22.0 Å². The van der Waals surface area contributed by atoms with Crippen molar-refractivity contribution in [3.05, 3.63) is 82.0 Å². The molecule has 0 amide bonds. The minimum atomic E-state index is -0.248. The summed E-state index contributed by atoms with van der Waals surface area (Å²) in [6, 6.07) is 14.4. The lowest BCUT2D eigenvalue weighted by Gasteiger charge is -2.25. The van der Waals surface area contributed by atoms with Gasteiger partial charge in [0, 0.05) is 23.1 Å². The van der Waals surface area contributed by atoms with Crippen molar-refractivity contribution in [3.8, 4) is 22.8 Å². The number of hydrogen-bond donors (Lipinski definition) is 0. The molecule has 7 heteroatoms. The van der Waals surface area contributed by atoms with E-state index >= 15 is 0 Å². The Morgan fingerprint density at radius 3 is 2.36 bits per heavy atom. The van der Waals surface area contributed by atoms with E-state index in [1.54, 1.807) is 29.0 Å². The normalized spacial score (nSPS) is 13.3. The largest absolute Gasteiger partial charge is 0.493 e. The SMILES string of the molecule is COc1ccc2c3c(n(C[C@H](c4ccco4)N(C)C)c(=O)c2c1OC)-c1ccccc1C3=O. The average molecular weight is 444 g/mol. The summed E-state index contributed by atoms with van der Waals surface area (Å²) in [4.78, 5) is 29.6. The fraction of sp³-hybridized carbons (Fsp3) is 0.231. The maximum Gasteiger partial charge on any atom is 0.262 e. The number of hydrogen-bond acceptors (Lipinski definition) is 6. The second-order valence-corrected chi connectivity index (χ2v) is 8.23. The number of furan rings is 1. The standard InChI is InChI=1S/C26H24N2O5/c1-27(2)18(19-10-7-13-33-19)14-28-23-15-8-5-6-9-16(15)24(29)21(23)17-11-12-20(31-3)25(32-4)22(17)26(28)30/h5-13,18H,14H2,1-4H3/t18-/m1/s1. The summed E-state index contributed by atoms with van der Waals surface area (Å²) in [6.45, 7) is 0.291. The van der Waals surface area contributed by atoms with Crippen molar-refractivity contribution < 1.29 is 18.7 Å². The van der Waals surface area contributed by atoms with Crippen LogP contribution in [0, 0.1) is 0 Å². The highest BCUT2D eigenvalue weighted by Gasteiger charge is 2.35. The van der Waals surface area contributed by atoms with Gasteiger partial charge in [-0.05, 0) is 38.4 Å². The number of rotatable bonds is 6. The summed E-state index contributed by atoms with van der Waals surface area (Å²) < 4.78 is 18.4. The fourth-order valence-electron chi connectivity index (χ4n) is 4.71. The molecule has 2 aromatic carbocycles. The molecule has 0 unspecified atom stereocenters. The van der Waals surface area contributed by atoms with Crippen molar-refractivity contribution in [3.63, 3.8) is 0 Å². The summed E-state index contributed by atoms with van der Waals surface area (Å²) in [6.07, 6.45) is 1.62. The van der Waals surface area contributed by atoms with E-state index in [9.17, 15) is 9.59 Å². The molecule has 168 valence electrons. The van der Waals surface area contributed by atoms with E-state index in [1.807, 2.05) is 49.3 Å². The van der Waals surface area contributed by atoms with Gasteiger partial charge in [0.15, 0.2) is 17.3 Å². The Hall–Kier alpha value is -3.84. The zero-order chi connectivity index (χ0) is 23.3. The third-order valence-electron chi connectivity index (χ3n) is 6.29. The van der Waals surface area contributed by atoms with E-state index < -0.39 is 0 Å². The second kappa shape index (κ2) is 7.94. The molecular formula is C26H24N2O5. The Balaban J connectivity index is 1.88. The van der Waals surface area contributed by atoms with E-state index in [0.717, 1.165) is 11.3 Å². The molecule has 0 N–H and O–H groups in total. The van der Waals surface area contributed by atoms with Crippen molar-refractivity contribution >= 4 is 16.6 Å². The molecule has 7 nitrogen and oxygen atoms in total. The molecule has 0 spiro atoms. The Morgan fingerprint density at radius 2 is 1.73 bits per heavy atom. The summed E-state index contributed by atoms with van der Waals surface area (Å²) in [5, 5.41) is 0.887. The Labute approximate surface area is 190 Å². The lowest BCUT2D eigenvalue weighted by atomic mass is 10.0. The summed E-state index contributed by atoms with van der Waals surface area (Å²) in [5.74, 6) is 1.38. The number of ether oxygens (including phenoxy) is 2. The summed E-state index contributed by atoms with van der Waals surface area (Å²) in [5.41, 5.74) is 2.22. The molecular weight excluding hydrogens is 420 g/mol. The van der Waals surface area contributed by atoms with Gasteiger partial charge >= 0.3 is 0 Å². The molecule has 1 atom stereocenters. The Morgan fingerprint density at radius 1 is 0.970 bits per heavy atom. The van der Waals surface area contributed by atoms with E-state index in [1.165, 1.54) is 14.2 Å². The van der Waals surface area contributed by atoms with Crippen molar-refractivity contribution in [2.45, 2.75) is 12.6 Å². The molecule has 4 aromatic rings. The van der Waals surface area contributed by atoms with Gasteiger partial charge < -0.3 is 18.5 Å². The van der Waals surface area contributed by atoms with E-state index in [2.05, 4.69) is 0 Å². The lowest BCUT2D eigenvalue weighted by Crippen LogP contribution is -2.31. The zero-order valence-electron chi connectivity index (χ0n) is 18.9. The van der Waals surface area contributed by atoms with E-state index in [-0.39, 0.29) is 17.4 Å². The van der Waals surface area contributed by atoms with Crippen LogP contribution in [0.3, 0.4) is 0 Å². The topological polar surface area (TPSA) is 73.9 Å². The molecule has 1 aliphatic carbocycles. The molecule has 33 heavy (non-hydrogen) atoms. The lowest BCUT2D eigenvalue weighted by molar-refractivity contribution is 0.104. The van der Waals surface area contributed by atoms with E-state index in [0.29, 0.717) is 45.6 Å². The average Bonchev–Trinajstić information content (AvgIpc) is 3.45. The van der Waals surface area contributed by atoms with Crippen LogP contribution in [0.4, 0.5) is 0 Å². The molecule has 0 fully saturated rings. The molecule has 0 saturated carbocycles. The number of nitrogens with zero attached hydrogens (tertiary/aromatic N) is 2. The first kappa shape index (κ1) is 21.0. The minimum Gasteiger partial charge on any atom is -0.493 e. The fourth-order valence-corrected chi connectivity index (χ4v) is 4.71. The van der Waals surface area contributed by atoms with Crippen LogP contribution >= 0.6 is 0 Å². The number of methoxy groups -OCH3 is 2. The van der Waals surface area contributed by atoms with Gasteiger partial charge in [0.05, 0.1) is 43.2 Å². The number of carbonyl (C=O) groups is 1. The van der Waals surface area contributed by atoms with Crippen LogP contribution in [0.5, 0.6) is 11.5 Å². The number of aromatic nitrogens is 1. The van der Waals surface area contributed by atoms with Crippen molar-refractivity contribution in [2.24, 2.45) is 0 Å². The Kier molecular flexibility index (Phi) is 5.06. The number of benzene rings is 2. The molecule has 0 saturated heterocycles. The summed E-state index contributed by atoms with van der Waals surface area (Å²) in [7, 11) is 6.89. The molecule has 0 aliphatic heterocycles. The van der Waals surface area contributed by atoms with Gasteiger partial charge in [-0.3, -0.25) is 14.5 Å². The highest BCUT2D eigenvalue weighted by atomic mass is 16.5. The van der Waals surface area contributed by atoms with Crippen LogP contribution in [0.1, 0.15) is 27.7 Å². The smallest absolute Gasteiger partial charge is 0.262 e. The van der Waals surface area contributed by atoms with Crippen LogP contribution in [0.2, 0.25) is 0 Å². The highest BCUT2D eigenvalue weighted by Crippen LogP contribution is 2.43. The third kappa shape index (κ3) is 3.08. The number of ketones is 1. The number of likely N-dealkylation sites (N-methyl/N-ethyl adjacent to an activating group) is 1. The maximum atomic E-state index is 14.0. The summed E-state index contributed by atoms with van der Waals surface area (Å²) >= 11 is 0. The molecule has 1 aliphatic rings. The van der Waals surface area contributed by atoms with Crippen LogP contribution in [0.15, 0.2) is 64.0 Å². The molecule has 5 rings (SSSR count). The van der Waals surface area contributed by atoms with Gasteiger partial charge in [0.2, 0.25) is 0 Å². The maximum absolute atomic E-state index is 14.0. The number of fused-ring (bicyclic) bond motifs is 5. The first-order valence-corrected chi connectivity index (χ1v) is 10.6. The van der Waals surface area contributed by atoms with E-state index in [4.69, 9.17) is 13.9 Å². The minimum absolute atomic E-state index is 0.106. The third-order valence-corrected chi connectivity index (χ3v) is 6.29. The molecule has 0 bridgehead atoms. The van der Waals surface area contributed by atoms with Gasteiger partial charge in [0.25, 0.3) is 5.56 Å². The monoisotopic (exact) mass is 444 g/mol. The zero-order valence-corrected chi connectivity index (χ0v) is 18.9. The first-order valence-electron chi connectivity index (χ1n) is 10.6. The van der Waals surface area contributed by atoms with Crippen LogP contribution in [-0.4, -0.2) is 43.6 Å². The number of pyridine rings is 1. The van der Waals surface area contributed by atoms with Crippen molar-refractivity contribution in [2.75, 3.05) is 28.3 Å². The van der Waals surface area contributed by atoms with Gasteiger partial charge in [0.1, 0.15) is 5.76 Å². The predicted octanol–water partition coefficient (Wildman–Crippen LogP) is 4.13. The van der Waals surface area contributed by atoms with Gasteiger partial charge in [-0.1, -0.05) is 24.3 Å². The predicted molar refractivity (Wildman–Crippen MR) is 125 cm³/mol. The quantitative estimate of drug-likeness (QED) is 0.392. The highest BCUT2D eigenvalue weighted by molar-refractivity contribution is 6.27. The van der Waals surface area contributed by atoms with Crippen LogP contribution < -0.4 is 15.0 Å². The van der Waals surface area contributed by atoms with Crippen molar-refractivity contribution in [1.29, 1.82) is 0 Å². The van der Waals surface area contributed by atoms with Crippen LogP contribution in [-0.2, 0) is 6.54 Å². The number of carbonyl (C=O) groups excluding carboxylic acids is 1. The van der Waals surface area contributed by atoms with Gasteiger partial charge in [-0.15, -0.1) is 0 Å². The Bertz CT molecular complexity index is 1430. The van der Waals surface area contributed by atoms with Gasteiger partial charge in [-0.2, -0.15) is 0 Å². The molecule has 2 aromatic heterocycles. The van der Waals surface area contributed by atoms with Gasteiger partial charge in [-0.25, -0.2) is 0 Å². The molecule has 0 radical (unpaired) electrons.